The van der Waals surface area contributed by atoms with Gasteiger partial charge in [0.15, 0.2) is 8.68 Å². The van der Waals surface area contributed by atoms with E-state index >= 15 is 0 Å². The van der Waals surface area contributed by atoms with Crippen molar-refractivity contribution in [1.29, 1.82) is 0 Å². The summed E-state index contributed by atoms with van der Waals surface area (Å²) in [6, 6.07) is 5.24. The second kappa shape index (κ2) is 8.25. The first kappa shape index (κ1) is 16.9. The van der Waals surface area contributed by atoms with E-state index in [1.807, 2.05) is 6.26 Å². The van der Waals surface area contributed by atoms with Crippen LogP contribution in [0.25, 0.3) is 0 Å². The Hall–Kier alpha value is -1.45. The Labute approximate surface area is 141 Å². The number of methoxy groups -OCH3 is 2. The van der Waals surface area contributed by atoms with E-state index < -0.39 is 0 Å². The number of rotatable bonds is 7. The minimum Gasteiger partial charge on any atom is -0.497 e. The number of nitrogens with zero attached hydrogens (tertiary/aromatic N) is 2. The predicted molar refractivity (Wildman–Crippen MR) is 90.6 cm³/mol. The molecule has 1 aromatic carbocycles. The molecule has 6 nitrogen and oxygen atoms in total. The standard InChI is InChI=1S/C13H15N3O3S3/c1-18-8-4-5-10(19-2)9(6-8)14-11(17)7-21-13-16-15-12(20-3)22-13/h4-6H,7H2,1-3H3,(H,14,17). The first-order chi connectivity index (χ1) is 10.7. The normalized spacial score (nSPS) is 10.3. The van der Waals surface area contributed by atoms with Crippen molar-refractivity contribution < 1.29 is 14.3 Å². The Morgan fingerprint density at radius 2 is 2.05 bits per heavy atom. The molecule has 0 radical (unpaired) electrons. The Balaban J connectivity index is 1.96. The zero-order valence-corrected chi connectivity index (χ0v) is 14.7. The number of amides is 1. The van der Waals surface area contributed by atoms with Crippen molar-refractivity contribution in [3.8, 4) is 11.5 Å². The van der Waals surface area contributed by atoms with Crippen molar-refractivity contribution in [2.45, 2.75) is 8.68 Å². The van der Waals surface area contributed by atoms with E-state index in [0.717, 1.165) is 8.68 Å². The number of hydrogen-bond donors (Lipinski definition) is 1. The van der Waals surface area contributed by atoms with Gasteiger partial charge >= 0.3 is 0 Å². The van der Waals surface area contributed by atoms with Crippen LogP contribution in [-0.4, -0.2) is 42.3 Å². The highest BCUT2D eigenvalue weighted by Gasteiger charge is 2.11. The maximum absolute atomic E-state index is 12.1. The van der Waals surface area contributed by atoms with Crippen molar-refractivity contribution in [3.05, 3.63) is 18.2 Å². The fourth-order valence-electron chi connectivity index (χ4n) is 1.56. The van der Waals surface area contributed by atoms with Gasteiger partial charge in [0.1, 0.15) is 11.5 Å². The average Bonchev–Trinajstić information content (AvgIpc) is 3.01. The molecular weight excluding hydrogens is 342 g/mol. The zero-order valence-electron chi connectivity index (χ0n) is 12.3. The van der Waals surface area contributed by atoms with E-state index in [-0.39, 0.29) is 11.7 Å². The fraction of sp³-hybridized carbons (Fsp3) is 0.308. The Bertz CT molecular complexity index is 648. The van der Waals surface area contributed by atoms with E-state index in [0.29, 0.717) is 17.2 Å². The van der Waals surface area contributed by atoms with Gasteiger partial charge in [0, 0.05) is 6.07 Å². The van der Waals surface area contributed by atoms with Gasteiger partial charge in [-0.2, -0.15) is 0 Å². The average molecular weight is 357 g/mol. The SMILES string of the molecule is COc1ccc(OC)c(NC(=O)CSc2nnc(SC)s2)c1. The zero-order chi connectivity index (χ0) is 15.9. The lowest BCUT2D eigenvalue weighted by atomic mass is 10.2. The van der Waals surface area contributed by atoms with Crippen molar-refractivity contribution in [3.63, 3.8) is 0 Å². The minimum atomic E-state index is -0.141. The molecule has 1 aromatic heterocycles. The molecule has 1 heterocycles. The van der Waals surface area contributed by atoms with Crippen LogP contribution in [0.1, 0.15) is 0 Å². The van der Waals surface area contributed by atoms with Gasteiger partial charge in [0.25, 0.3) is 0 Å². The second-order valence-electron chi connectivity index (χ2n) is 3.94. The van der Waals surface area contributed by atoms with Gasteiger partial charge in [-0.15, -0.1) is 10.2 Å². The molecule has 1 amide bonds. The number of thioether (sulfide) groups is 2. The third-order valence-electron chi connectivity index (χ3n) is 2.57. The summed E-state index contributed by atoms with van der Waals surface area (Å²) in [5.74, 6) is 1.35. The van der Waals surface area contributed by atoms with Gasteiger partial charge in [-0.1, -0.05) is 34.9 Å². The van der Waals surface area contributed by atoms with Crippen LogP contribution >= 0.6 is 34.9 Å². The maximum Gasteiger partial charge on any atom is 0.234 e. The van der Waals surface area contributed by atoms with Crippen LogP contribution in [0.5, 0.6) is 11.5 Å². The number of anilines is 1. The smallest absolute Gasteiger partial charge is 0.234 e. The van der Waals surface area contributed by atoms with Gasteiger partial charge in [0.05, 0.1) is 25.7 Å². The number of carbonyl (C=O) groups excluding carboxylic acids is 1. The summed E-state index contributed by atoms with van der Waals surface area (Å²) in [7, 11) is 3.12. The lowest BCUT2D eigenvalue weighted by Crippen LogP contribution is -2.14. The largest absolute Gasteiger partial charge is 0.497 e. The highest BCUT2D eigenvalue weighted by molar-refractivity contribution is 8.03. The van der Waals surface area contributed by atoms with Crippen molar-refractivity contribution in [2.75, 3.05) is 31.5 Å². The summed E-state index contributed by atoms with van der Waals surface area (Å²) in [5.41, 5.74) is 0.578. The molecule has 0 fully saturated rings. The van der Waals surface area contributed by atoms with Gasteiger partial charge in [-0.25, -0.2) is 0 Å². The Kier molecular flexibility index (Phi) is 6.34. The summed E-state index contributed by atoms with van der Waals surface area (Å²) in [5, 5.41) is 10.8. The second-order valence-corrected chi connectivity index (χ2v) is 7.19. The number of benzene rings is 1. The van der Waals surface area contributed by atoms with E-state index in [2.05, 4.69) is 15.5 Å². The number of carbonyl (C=O) groups is 1. The van der Waals surface area contributed by atoms with Crippen LogP contribution in [0.3, 0.4) is 0 Å². The molecule has 0 saturated carbocycles. The monoisotopic (exact) mass is 357 g/mol. The first-order valence-electron chi connectivity index (χ1n) is 6.18. The van der Waals surface area contributed by atoms with Gasteiger partial charge < -0.3 is 14.8 Å². The topological polar surface area (TPSA) is 73.3 Å². The quantitative estimate of drug-likeness (QED) is 0.764. The fourth-order valence-corrected chi connectivity index (χ4v) is 3.80. The molecule has 0 saturated heterocycles. The molecular formula is C13H15N3O3S3. The number of hydrogen-bond acceptors (Lipinski definition) is 8. The van der Waals surface area contributed by atoms with E-state index in [1.165, 1.54) is 34.9 Å². The minimum absolute atomic E-state index is 0.141. The summed E-state index contributed by atoms with van der Waals surface area (Å²) in [6.07, 6.45) is 1.94. The summed E-state index contributed by atoms with van der Waals surface area (Å²) >= 11 is 4.36. The lowest BCUT2D eigenvalue weighted by molar-refractivity contribution is -0.113. The molecule has 0 atom stereocenters. The van der Waals surface area contributed by atoms with Gasteiger partial charge in [0.2, 0.25) is 5.91 Å². The lowest BCUT2D eigenvalue weighted by Gasteiger charge is -2.11. The number of ether oxygens (including phenoxy) is 2. The highest BCUT2D eigenvalue weighted by atomic mass is 32.2. The molecule has 0 bridgehead atoms. The molecule has 0 aliphatic heterocycles. The van der Waals surface area contributed by atoms with Gasteiger partial charge in [-0.05, 0) is 18.4 Å². The third-order valence-corrected chi connectivity index (χ3v) is 5.60. The van der Waals surface area contributed by atoms with Crippen LogP contribution < -0.4 is 14.8 Å². The van der Waals surface area contributed by atoms with E-state index in [4.69, 9.17) is 9.47 Å². The maximum atomic E-state index is 12.1. The summed E-state index contributed by atoms with van der Waals surface area (Å²) < 4.78 is 12.0. The van der Waals surface area contributed by atoms with Crippen LogP contribution in [-0.2, 0) is 4.79 Å². The first-order valence-corrected chi connectivity index (χ1v) is 9.21. The van der Waals surface area contributed by atoms with Crippen LogP contribution in [0.2, 0.25) is 0 Å². The van der Waals surface area contributed by atoms with E-state index in [9.17, 15) is 4.79 Å². The molecule has 2 rings (SSSR count). The molecule has 0 unspecified atom stereocenters. The van der Waals surface area contributed by atoms with Crippen molar-refractivity contribution >= 4 is 46.5 Å². The van der Waals surface area contributed by atoms with Crippen LogP contribution in [0, 0.1) is 0 Å². The Morgan fingerprint density at radius 3 is 2.68 bits per heavy atom. The molecule has 2 aromatic rings. The third kappa shape index (κ3) is 4.52. The highest BCUT2D eigenvalue weighted by Crippen LogP contribution is 2.30. The van der Waals surface area contributed by atoms with Crippen molar-refractivity contribution in [2.24, 2.45) is 0 Å². The molecule has 0 aliphatic carbocycles. The molecule has 1 N–H and O–H groups in total. The van der Waals surface area contributed by atoms with Crippen molar-refractivity contribution in [1.82, 2.24) is 10.2 Å². The molecule has 0 spiro atoms. The molecule has 22 heavy (non-hydrogen) atoms. The molecule has 9 heteroatoms. The number of nitrogens with one attached hydrogen (secondary N) is 1. The van der Waals surface area contributed by atoms with Crippen LogP contribution in [0.15, 0.2) is 26.9 Å². The number of aromatic nitrogens is 2. The van der Waals surface area contributed by atoms with Gasteiger partial charge in [-0.3, -0.25) is 4.79 Å². The molecule has 0 aliphatic rings. The predicted octanol–water partition coefficient (Wildman–Crippen LogP) is 3.01. The van der Waals surface area contributed by atoms with E-state index in [1.54, 1.807) is 32.4 Å². The van der Waals surface area contributed by atoms with Crippen LogP contribution in [0.4, 0.5) is 5.69 Å². The Morgan fingerprint density at radius 1 is 1.27 bits per heavy atom. The summed E-state index contributed by atoms with van der Waals surface area (Å²) in [6.45, 7) is 0. The molecule has 118 valence electrons. The summed E-state index contributed by atoms with van der Waals surface area (Å²) in [4.78, 5) is 12.1.